The molecule has 1 aliphatic rings. The van der Waals surface area contributed by atoms with E-state index in [2.05, 4.69) is 10.2 Å². The summed E-state index contributed by atoms with van der Waals surface area (Å²) in [6, 6.07) is 0. The Labute approximate surface area is 106 Å². The fourth-order valence-electron chi connectivity index (χ4n) is 2.07. The zero-order valence-electron chi connectivity index (χ0n) is 10.5. The van der Waals surface area contributed by atoms with Crippen LogP contribution in [-0.4, -0.2) is 29.8 Å². The smallest absolute Gasteiger partial charge is 0.273 e. The molecule has 2 heterocycles. The van der Waals surface area contributed by atoms with Crippen LogP contribution in [0.25, 0.3) is 0 Å². The number of hydrogen-bond acceptors (Lipinski definition) is 5. The maximum atomic E-state index is 11.5. The van der Waals surface area contributed by atoms with Gasteiger partial charge in [-0.2, -0.15) is 0 Å². The maximum absolute atomic E-state index is 11.5. The number of hydrogen-bond donors (Lipinski definition) is 1. The zero-order valence-corrected chi connectivity index (χ0v) is 11.4. The van der Waals surface area contributed by atoms with Gasteiger partial charge in [-0.15, -0.1) is 10.2 Å². The molecule has 18 heavy (non-hydrogen) atoms. The molecule has 1 unspecified atom stereocenters. The van der Waals surface area contributed by atoms with Crippen LogP contribution in [0.2, 0.25) is 0 Å². The quantitative estimate of drug-likeness (QED) is 0.858. The van der Waals surface area contributed by atoms with Crippen molar-refractivity contribution >= 4 is 10.0 Å². The summed E-state index contributed by atoms with van der Waals surface area (Å²) in [4.78, 5) is 0. The van der Waals surface area contributed by atoms with Gasteiger partial charge in [-0.05, 0) is 18.8 Å². The molecule has 2 N–H and O–H groups in total. The van der Waals surface area contributed by atoms with Crippen LogP contribution in [-0.2, 0) is 21.3 Å². The molecule has 0 amide bonds. The molecule has 0 spiro atoms. The van der Waals surface area contributed by atoms with Crippen LogP contribution in [0.4, 0.5) is 0 Å². The molecule has 1 aromatic heterocycles. The van der Waals surface area contributed by atoms with Crippen LogP contribution < -0.4 is 5.14 Å². The zero-order chi connectivity index (χ0) is 13.3. The third-order valence-corrected chi connectivity index (χ3v) is 3.58. The van der Waals surface area contributed by atoms with Crippen molar-refractivity contribution in [2.45, 2.75) is 44.5 Å². The minimum absolute atomic E-state index is 0.174. The highest BCUT2D eigenvalue weighted by molar-refractivity contribution is 7.89. The van der Waals surface area contributed by atoms with Crippen molar-refractivity contribution < 1.29 is 13.2 Å². The second-order valence-electron chi connectivity index (χ2n) is 4.89. The van der Waals surface area contributed by atoms with Crippen LogP contribution in [0.5, 0.6) is 0 Å². The first-order valence-electron chi connectivity index (χ1n) is 5.97. The highest BCUT2D eigenvalue weighted by Crippen LogP contribution is 2.28. The van der Waals surface area contributed by atoms with Gasteiger partial charge < -0.3 is 4.74 Å². The van der Waals surface area contributed by atoms with E-state index in [9.17, 15) is 8.42 Å². The fraction of sp³-hybridized carbons (Fsp3) is 0.800. The van der Waals surface area contributed by atoms with E-state index in [0.717, 1.165) is 12.8 Å². The summed E-state index contributed by atoms with van der Waals surface area (Å²) in [7, 11) is -3.85. The molecule has 102 valence electrons. The Hall–Kier alpha value is -0.990. The molecule has 0 radical (unpaired) electrons. The largest absolute Gasteiger partial charge is 0.370 e. The van der Waals surface area contributed by atoms with Gasteiger partial charge in [-0.1, -0.05) is 13.8 Å². The number of primary sulfonamides is 1. The van der Waals surface area contributed by atoms with E-state index < -0.39 is 10.0 Å². The summed E-state index contributed by atoms with van der Waals surface area (Å²) < 4.78 is 30.0. The van der Waals surface area contributed by atoms with Crippen molar-refractivity contribution in [2.24, 2.45) is 11.1 Å². The molecular formula is C10H18N4O3S. The Bertz CT molecular complexity index is 517. The van der Waals surface area contributed by atoms with Crippen molar-refractivity contribution in [2.75, 3.05) is 6.61 Å². The van der Waals surface area contributed by atoms with E-state index in [-0.39, 0.29) is 17.2 Å². The van der Waals surface area contributed by atoms with Gasteiger partial charge in [0.25, 0.3) is 15.2 Å². The van der Waals surface area contributed by atoms with Gasteiger partial charge in [0, 0.05) is 13.2 Å². The monoisotopic (exact) mass is 274 g/mol. The molecule has 1 aromatic rings. The molecule has 0 bridgehead atoms. The lowest BCUT2D eigenvalue weighted by molar-refractivity contribution is 0.100. The second kappa shape index (κ2) is 4.94. The molecule has 2 rings (SSSR count). The minimum atomic E-state index is -3.85. The summed E-state index contributed by atoms with van der Waals surface area (Å²) in [5.74, 6) is 0.826. The fourth-order valence-corrected chi connectivity index (χ4v) is 2.70. The van der Waals surface area contributed by atoms with Gasteiger partial charge in [0.1, 0.15) is 6.10 Å². The highest BCUT2D eigenvalue weighted by atomic mass is 32.2. The van der Waals surface area contributed by atoms with Crippen LogP contribution >= 0.6 is 0 Å². The Kier molecular flexibility index (Phi) is 3.69. The van der Waals surface area contributed by atoms with E-state index >= 15 is 0 Å². The van der Waals surface area contributed by atoms with Crippen LogP contribution in [0, 0.1) is 5.92 Å². The molecule has 1 saturated heterocycles. The predicted molar refractivity (Wildman–Crippen MR) is 64.2 cm³/mol. The van der Waals surface area contributed by atoms with E-state index in [1.807, 2.05) is 13.8 Å². The Balaban J connectivity index is 2.43. The number of ether oxygens (including phenoxy) is 1. The lowest BCUT2D eigenvalue weighted by Crippen LogP contribution is -2.21. The minimum Gasteiger partial charge on any atom is -0.370 e. The molecule has 0 aliphatic carbocycles. The molecular weight excluding hydrogens is 256 g/mol. The van der Waals surface area contributed by atoms with Crippen molar-refractivity contribution in [1.29, 1.82) is 0 Å². The number of aromatic nitrogens is 3. The molecule has 1 fully saturated rings. The normalized spacial score (nSPS) is 20.8. The lowest BCUT2D eigenvalue weighted by atomic mass is 10.2. The number of nitrogens with zero attached hydrogens (tertiary/aromatic N) is 3. The summed E-state index contributed by atoms with van der Waals surface area (Å²) in [6.07, 6.45) is 1.61. The number of sulfonamides is 1. The van der Waals surface area contributed by atoms with Gasteiger partial charge in [0.2, 0.25) is 0 Å². The van der Waals surface area contributed by atoms with Crippen molar-refractivity contribution in [1.82, 2.24) is 14.8 Å². The summed E-state index contributed by atoms with van der Waals surface area (Å²) in [5.41, 5.74) is 0. The van der Waals surface area contributed by atoms with E-state index in [1.165, 1.54) is 0 Å². The summed E-state index contributed by atoms with van der Waals surface area (Å²) >= 11 is 0. The van der Waals surface area contributed by atoms with Gasteiger partial charge in [-0.3, -0.25) is 4.57 Å². The van der Waals surface area contributed by atoms with Gasteiger partial charge in [0.05, 0.1) is 0 Å². The molecule has 8 heteroatoms. The Morgan fingerprint density at radius 3 is 2.72 bits per heavy atom. The molecule has 1 atom stereocenters. The molecule has 0 saturated carbocycles. The summed E-state index contributed by atoms with van der Waals surface area (Å²) in [6.45, 7) is 5.16. The maximum Gasteiger partial charge on any atom is 0.273 e. The third-order valence-electron chi connectivity index (χ3n) is 2.77. The van der Waals surface area contributed by atoms with E-state index in [4.69, 9.17) is 9.88 Å². The third kappa shape index (κ3) is 2.70. The van der Waals surface area contributed by atoms with E-state index in [0.29, 0.717) is 19.0 Å². The first-order chi connectivity index (χ1) is 8.39. The lowest BCUT2D eigenvalue weighted by Gasteiger charge is -2.14. The Morgan fingerprint density at radius 1 is 1.50 bits per heavy atom. The van der Waals surface area contributed by atoms with Gasteiger partial charge in [0.15, 0.2) is 5.82 Å². The van der Waals surface area contributed by atoms with Crippen LogP contribution in [0.3, 0.4) is 0 Å². The number of nitrogens with two attached hydrogens (primary N) is 1. The topological polar surface area (TPSA) is 100 Å². The number of rotatable bonds is 4. The average Bonchev–Trinajstić information content (AvgIpc) is 2.81. The average molecular weight is 274 g/mol. The standard InChI is InChI=1S/C10H18N4O3S/c1-7(2)6-14-9(8-4-3-5-17-8)12-13-10(14)18(11,15)16/h7-8H,3-6H2,1-2H3,(H2,11,15,16). The van der Waals surface area contributed by atoms with Gasteiger partial charge in [-0.25, -0.2) is 13.6 Å². The van der Waals surface area contributed by atoms with Crippen LogP contribution in [0.15, 0.2) is 5.16 Å². The summed E-state index contributed by atoms with van der Waals surface area (Å²) in [5, 5.41) is 12.6. The SMILES string of the molecule is CC(C)Cn1c(C2CCCO2)nnc1S(N)(=O)=O. The van der Waals surface area contributed by atoms with Crippen LogP contribution in [0.1, 0.15) is 38.6 Å². The van der Waals surface area contributed by atoms with Crippen molar-refractivity contribution in [3.05, 3.63) is 5.82 Å². The Morgan fingerprint density at radius 2 is 2.22 bits per heavy atom. The van der Waals surface area contributed by atoms with Crippen molar-refractivity contribution in [3.8, 4) is 0 Å². The molecule has 0 aromatic carbocycles. The molecule has 1 aliphatic heterocycles. The van der Waals surface area contributed by atoms with Gasteiger partial charge >= 0.3 is 0 Å². The first kappa shape index (κ1) is 13.4. The predicted octanol–water partition coefficient (Wildman–Crippen LogP) is 0.433. The first-order valence-corrected chi connectivity index (χ1v) is 7.51. The second-order valence-corrected chi connectivity index (χ2v) is 6.35. The van der Waals surface area contributed by atoms with E-state index in [1.54, 1.807) is 4.57 Å². The molecule has 7 nitrogen and oxygen atoms in total. The highest BCUT2D eigenvalue weighted by Gasteiger charge is 2.28. The van der Waals surface area contributed by atoms with Crippen molar-refractivity contribution in [3.63, 3.8) is 0 Å².